The molecule has 0 aromatic heterocycles. The Morgan fingerprint density at radius 3 is 2.52 bits per heavy atom. The lowest BCUT2D eigenvalue weighted by Crippen LogP contribution is -2.07. The lowest BCUT2D eigenvalue weighted by molar-refractivity contribution is 0.0976. The summed E-state index contributed by atoms with van der Waals surface area (Å²) in [6, 6.07) is 18.0. The molecule has 0 amide bonds. The van der Waals surface area contributed by atoms with Crippen LogP contribution in [-0.2, 0) is 0 Å². The number of hydrogen-bond donors (Lipinski definition) is 1. The third-order valence-corrected chi connectivity index (χ3v) is 4.56. The van der Waals surface area contributed by atoms with Crippen LogP contribution in [-0.4, -0.2) is 25.1 Å². The van der Waals surface area contributed by atoms with E-state index in [-0.39, 0.29) is 23.5 Å². The number of benzene rings is 3. The minimum absolute atomic E-state index is 0.0438. The van der Waals surface area contributed by atoms with E-state index in [4.69, 9.17) is 9.47 Å². The number of fused-ring (bicyclic) bond motifs is 1. The highest BCUT2D eigenvalue weighted by Crippen LogP contribution is 2.34. The first kappa shape index (κ1) is 18.3. The van der Waals surface area contributed by atoms with Crippen molar-refractivity contribution in [2.75, 3.05) is 14.2 Å². The number of phenols is 1. The Morgan fingerprint density at radius 2 is 1.81 bits per heavy atom. The second-order valence-corrected chi connectivity index (χ2v) is 6.11. The molecule has 1 atom stereocenters. The number of carbonyl (C=O) groups is 1. The van der Waals surface area contributed by atoms with Gasteiger partial charge in [0.1, 0.15) is 5.75 Å². The number of Topliss-reactive ketones (excluding diaryl/α,β-unsaturated/α-hetero) is 1. The van der Waals surface area contributed by atoms with E-state index < -0.39 is 5.92 Å². The van der Waals surface area contributed by atoms with Gasteiger partial charge < -0.3 is 14.6 Å². The minimum Gasteiger partial charge on any atom is -0.507 e. The molecule has 0 heterocycles. The lowest BCUT2D eigenvalue weighted by atomic mass is 9.91. The van der Waals surface area contributed by atoms with Crippen LogP contribution in [0.25, 0.3) is 10.8 Å². The van der Waals surface area contributed by atoms with Crippen molar-refractivity contribution in [1.29, 1.82) is 5.26 Å². The van der Waals surface area contributed by atoms with Crippen molar-refractivity contribution in [3.63, 3.8) is 0 Å². The maximum Gasteiger partial charge on any atom is 0.168 e. The van der Waals surface area contributed by atoms with Gasteiger partial charge in [-0.25, -0.2) is 0 Å². The number of phenolic OH excluding ortho intramolecular Hbond substituents is 1. The van der Waals surface area contributed by atoms with Crippen molar-refractivity contribution in [2.24, 2.45) is 0 Å². The van der Waals surface area contributed by atoms with E-state index in [9.17, 15) is 15.2 Å². The van der Waals surface area contributed by atoms with E-state index in [1.807, 2.05) is 12.1 Å². The van der Waals surface area contributed by atoms with Crippen LogP contribution in [0.5, 0.6) is 17.2 Å². The van der Waals surface area contributed by atoms with Crippen molar-refractivity contribution >= 4 is 16.6 Å². The van der Waals surface area contributed by atoms with Gasteiger partial charge in [-0.05, 0) is 29.1 Å². The van der Waals surface area contributed by atoms with Crippen molar-refractivity contribution in [3.8, 4) is 23.3 Å². The number of ether oxygens (including phenoxy) is 2. The molecule has 1 unspecified atom stereocenters. The van der Waals surface area contributed by atoms with Gasteiger partial charge in [-0.1, -0.05) is 36.4 Å². The molecule has 27 heavy (non-hydrogen) atoms. The number of nitrogens with zero attached hydrogens (tertiary/aromatic N) is 1. The number of aromatic hydroxyl groups is 1. The molecule has 136 valence electrons. The minimum atomic E-state index is -0.664. The van der Waals surface area contributed by atoms with Gasteiger partial charge in [0.05, 0.1) is 31.8 Å². The van der Waals surface area contributed by atoms with E-state index in [1.165, 1.54) is 14.2 Å². The molecule has 0 aliphatic heterocycles. The first-order chi connectivity index (χ1) is 13.1. The zero-order valence-electron chi connectivity index (χ0n) is 15.1. The molecule has 0 bridgehead atoms. The Morgan fingerprint density at radius 1 is 1.07 bits per heavy atom. The predicted molar refractivity (Wildman–Crippen MR) is 102 cm³/mol. The number of methoxy groups -OCH3 is 2. The smallest absolute Gasteiger partial charge is 0.168 e. The molecule has 0 radical (unpaired) electrons. The molecule has 5 nitrogen and oxygen atoms in total. The average Bonchev–Trinajstić information content (AvgIpc) is 2.71. The topological polar surface area (TPSA) is 79.5 Å². The summed E-state index contributed by atoms with van der Waals surface area (Å²) in [4.78, 5) is 12.8. The maximum absolute atomic E-state index is 12.8. The molecule has 3 aromatic rings. The maximum atomic E-state index is 12.8. The second kappa shape index (κ2) is 7.79. The molecular weight excluding hydrogens is 342 g/mol. The molecule has 1 N–H and O–H groups in total. The summed E-state index contributed by atoms with van der Waals surface area (Å²) in [5.74, 6) is 0.0394. The van der Waals surface area contributed by atoms with Crippen molar-refractivity contribution in [1.82, 2.24) is 0 Å². The molecule has 0 spiro atoms. The highest BCUT2D eigenvalue weighted by Gasteiger charge is 2.21. The SMILES string of the molecule is COc1ccc(C(C#N)CC(=O)c2ccc3ccccc3c2O)cc1OC. The number of carbonyl (C=O) groups excluding carboxylic acids is 1. The van der Waals surface area contributed by atoms with E-state index >= 15 is 0 Å². The zero-order chi connectivity index (χ0) is 19.4. The zero-order valence-corrected chi connectivity index (χ0v) is 15.1. The van der Waals surface area contributed by atoms with E-state index in [0.717, 1.165) is 5.39 Å². The molecule has 5 heteroatoms. The highest BCUT2D eigenvalue weighted by atomic mass is 16.5. The average molecular weight is 361 g/mol. The Labute approximate surface area is 157 Å². The summed E-state index contributed by atoms with van der Waals surface area (Å²) in [5.41, 5.74) is 0.873. The van der Waals surface area contributed by atoms with Crippen LogP contribution >= 0.6 is 0 Å². The van der Waals surface area contributed by atoms with Crippen LogP contribution in [0.3, 0.4) is 0 Å². The van der Waals surface area contributed by atoms with Gasteiger partial charge in [-0.3, -0.25) is 4.79 Å². The Kier molecular flexibility index (Phi) is 5.28. The summed E-state index contributed by atoms with van der Waals surface area (Å²) in [6.45, 7) is 0. The van der Waals surface area contributed by atoms with Gasteiger partial charge in [0.15, 0.2) is 17.3 Å². The molecule has 0 aliphatic rings. The lowest BCUT2D eigenvalue weighted by Gasteiger charge is -2.13. The van der Waals surface area contributed by atoms with Crippen LogP contribution in [0.2, 0.25) is 0 Å². The van der Waals surface area contributed by atoms with E-state index in [1.54, 1.807) is 42.5 Å². The van der Waals surface area contributed by atoms with Gasteiger partial charge >= 0.3 is 0 Å². The third-order valence-electron chi connectivity index (χ3n) is 4.56. The monoisotopic (exact) mass is 361 g/mol. The van der Waals surface area contributed by atoms with Gasteiger partial charge in [0.25, 0.3) is 0 Å². The summed E-state index contributed by atoms with van der Waals surface area (Å²) >= 11 is 0. The Balaban J connectivity index is 1.90. The number of rotatable bonds is 6. The van der Waals surface area contributed by atoms with Crippen molar-refractivity contribution in [3.05, 3.63) is 65.7 Å². The fourth-order valence-electron chi connectivity index (χ4n) is 3.08. The van der Waals surface area contributed by atoms with Crippen LogP contribution in [0.4, 0.5) is 0 Å². The van der Waals surface area contributed by atoms with E-state index in [2.05, 4.69) is 6.07 Å². The summed E-state index contributed by atoms with van der Waals surface area (Å²) in [7, 11) is 3.05. The summed E-state index contributed by atoms with van der Waals surface area (Å²) in [5, 5.41) is 21.5. The van der Waals surface area contributed by atoms with Gasteiger partial charge in [0.2, 0.25) is 0 Å². The van der Waals surface area contributed by atoms with Crippen molar-refractivity contribution in [2.45, 2.75) is 12.3 Å². The van der Waals surface area contributed by atoms with Crippen LogP contribution in [0.1, 0.15) is 28.3 Å². The second-order valence-electron chi connectivity index (χ2n) is 6.11. The predicted octanol–water partition coefficient (Wildman–Crippen LogP) is 4.44. The Hall–Kier alpha value is -3.52. The molecule has 0 saturated heterocycles. The van der Waals surface area contributed by atoms with Crippen LogP contribution < -0.4 is 9.47 Å². The van der Waals surface area contributed by atoms with Crippen molar-refractivity contribution < 1.29 is 19.4 Å². The number of ketones is 1. The molecular formula is C22H19NO4. The fraction of sp³-hybridized carbons (Fsp3) is 0.182. The van der Waals surface area contributed by atoms with Gasteiger partial charge in [-0.15, -0.1) is 0 Å². The quantitative estimate of drug-likeness (QED) is 0.657. The largest absolute Gasteiger partial charge is 0.507 e. The van der Waals surface area contributed by atoms with Gasteiger partial charge in [0, 0.05) is 11.8 Å². The Bertz CT molecular complexity index is 1040. The third kappa shape index (κ3) is 3.56. The first-order valence-corrected chi connectivity index (χ1v) is 8.44. The van der Waals surface area contributed by atoms with Crippen LogP contribution in [0, 0.1) is 11.3 Å². The van der Waals surface area contributed by atoms with Gasteiger partial charge in [-0.2, -0.15) is 5.26 Å². The summed E-state index contributed by atoms with van der Waals surface area (Å²) in [6.07, 6.45) is -0.0438. The highest BCUT2D eigenvalue weighted by molar-refractivity contribution is 6.05. The first-order valence-electron chi connectivity index (χ1n) is 8.44. The molecule has 3 rings (SSSR count). The molecule has 0 fully saturated rings. The van der Waals surface area contributed by atoms with E-state index in [0.29, 0.717) is 22.4 Å². The standard InChI is InChI=1S/C22H19NO4/c1-26-20-10-8-15(12-21(20)27-2)16(13-23)11-19(24)18-9-7-14-5-3-4-6-17(14)22(18)25/h3-10,12,16,25H,11H2,1-2H3. The molecule has 3 aromatic carbocycles. The number of hydrogen-bond acceptors (Lipinski definition) is 5. The summed E-state index contributed by atoms with van der Waals surface area (Å²) < 4.78 is 10.5. The van der Waals surface area contributed by atoms with Crippen LogP contribution in [0.15, 0.2) is 54.6 Å². The molecule has 0 aliphatic carbocycles. The normalized spacial score (nSPS) is 11.6. The molecule has 0 saturated carbocycles. The fourth-order valence-corrected chi connectivity index (χ4v) is 3.08. The number of nitriles is 1.